The monoisotopic (exact) mass is 206 g/mol. The highest BCUT2D eigenvalue weighted by atomic mass is 32.2. The van der Waals surface area contributed by atoms with Crippen LogP contribution in [0.1, 0.15) is 26.2 Å². The topological polar surface area (TPSA) is 58.2 Å². The Kier molecular flexibility index (Phi) is 4.15. The molecule has 4 nitrogen and oxygen atoms in total. The van der Waals surface area contributed by atoms with Gasteiger partial charge in [-0.1, -0.05) is 6.92 Å². The largest absolute Gasteiger partial charge is 0.313 e. The highest BCUT2D eigenvalue weighted by molar-refractivity contribution is 7.89. The van der Waals surface area contributed by atoms with E-state index in [1.165, 1.54) is 0 Å². The van der Waals surface area contributed by atoms with E-state index in [0.29, 0.717) is 19.0 Å². The fraction of sp³-hybridized carbons (Fsp3) is 1.00. The summed E-state index contributed by atoms with van der Waals surface area (Å²) in [5, 5.41) is 3.24. The van der Waals surface area contributed by atoms with E-state index < -0.39 is 10.0 Å². The minimum absolute atomic E-state index is 0.236. The SMILES string of the molecule is CCCS(=O)(=O)NCC1CCCN1. The van der Waals surface area contributed by atoms with Gasteiger partial charge in [0.15, 0.2) is 0 Å². The summed E-state index contributed by atoms with van der Waals surface area (Å²) < 4.78 is 25.1. The number of hydrogen-bond acceptors (Lipinski definition) is 3. The van der Waals surface area contributed by atoms with Crippen LogP contribution in [0.2, 0.25) is 0 Å². The summed E-state index contributed by atoms with van der Waals surface area (Å²) in [7, 11) is -3.01. The molecule has 0 aromatic heterocycles. The molecule has 1 heterocycles. The second-order valence-corrected chi connectivity index (χ2v) is 5.39. The number of rotatable bonds is 5. The van der Waals surface area contributed by atoms with Crippen LogP contribution in [-0.4, -0.2) is 33.3 Å². The molecule has 78 valence electrons. The second-order valence-electron chi connectivity index (χ2n) is 3.46. The lowest BCUT2D eigenvalue weighted by Crippen LogP contribution is -2.38. The Morgan fingerprint density at radius 2 is 2.31 bits per heavy atom. The molecular formula is C8H18N2O2S. The summed E-state index contributed by atoms with van der Waals surface area (Å²) in [6.45, 7) is 3.43. The van der Waals surface area contributed by atoms with Gasteiger partial charge >= 0.3 is 0 Å². The maximum atomic E-state index is 11.2. The van der Waals surface area contributed by atoms with Crippen LogP contribution in [0, 0.1) is 0 Å². The van der Waals surface area contributed by atoms with Gasteiger partial charge in [-0.15, -0.1) is 0 Å². The number of nitrogens with one attached hydrogen (secondary N) is 2. The van der Waals surface area contributed by atoms with E-state index in [0.717, 1.165) is 19.4 Å². The van der Waals surface area contributed by atoms with Gasteiger partial charge in [-0.25, -0.2) is 13.1 Å². The summed E-state index contributed by atoms with van der Waals surface area (Å²) in [6.07, 6.45) is 2.91. The Morgan fingerprint density at radius 3 is 2.85 bits per heavy atom. The average Bonchev–Trinajstić information content (AvgIpc) is 2.52. The normalized spacial score (nSPS) is 23.6. The minimum Gasteiger partial charge on any atom is -0.313 e. The van der Waals surface area contributed by atoms with Gasteiger partial charge in [0.05, 0.1) is 5.75 Å². The third-order valence-electron chi connectivity index (χ3n) is 2.18. The summed E-state index contributed by atoms with van der Waals surface area (Å²) in [5.41, 5.74) is 0. The highest BCUT2D eigenvalue weighted by Crippen LogP contribution is 2.03. The molecule has 5 heteroatoms. The van der Waals surface area contributed by atoms with Gasteiger partial charge in [0.25, 0.3) is 0 Å². The van der Waals surface area contributed by atoms with Crippen molar-refractivity contribution in [2.24, 2.45) is 0 Å². The first kappa shape index (κ1) is 10.9. The molecule has 0 bridgehead atoms. The Labute approximate surface area is 80.1 Å². The van der Waals surface area contributed by atoms with Crippen molar-refractivity contribution in [1.82, 2.24) is 10.0 Å². The number of hydrogen-bond donors (Lipinski definition) is 2. The van der Waals surface area contributed by atoms with Crippen molar-refractivity contribution in [2.75, 3.05) is 18.8 Å². The Hall–Kier alpha value is -0.130. The maximum Gasteiger partial charge on any atom is 0.211 e. The third-order valence-corrected chi connectivity index (χ3v) is 3.74. The molecule has 0 radical (unpaired) electrons. The van der Waals surface area contributed by atoms with Crippen molar-refractivity contribution >= 4 is 10.0 Å². The first-order chi connectivity index (χ1) is 6.14. The zero-order chi connectivity index (χ0) is 9.73. The van der Waals surface area contributed by atoms with Crippen LogP contribution in [0.15, 0.2) is 0 Å². The lowest BCUT2D eigenvalue weighted by molar-refractivity contribution is 0.551. The standard InChI is InChI=1S/C8H18N2O2S/c1-2-6-13(11,12)10-7-8-4-3-5-9-8/h8-10H,2-7H2,1H3. The molecule has 1 saturated heterocycles. The van der Waals surface area contributed by atoms with E-state index >= 15 is 0 Å². The van der Waals surface area contributed by atoms with E-state index in [-0.39, 0.29) is 5.75 Å². The van der Waals surface area contributed by atoms with Gasteiger partial charge in [0.1, 0.15) is 0 Å². The van der Waals surface area contributed by atoms with Gasteiger partial charge in [-0.05, 0) is 25.8 Å². The molecule has 1 aliphatic heterocycles. The van der Waals surface area contributed by atoms with Gasteiger partial charge in [-0.3, -0.25) is 0 Å². The summed E-state index contributed by atoms with van der Waals surface area (Å²) in [4.78, 5) is 0. The lowest BCUT2D eigenvalue weighted by atomic mass is 10.2. The number of sulfonamides is 1. The van der Waals surface area contributed by atoms with Crippen molar-refractivity contribution in [3.63, 3.8) is 0 Å². The average molecular weight is 206 g/mol. The summed E-state index contributed by atoms with van der Waals surface area (Å²) in [5.74, 6) is 0.236. The third kappa shape index (κ3) is 4.06. The van der Waals surface area contributed by atoms with E-state index in [9.17, 15) is 8.42 Å². The fourth-order valence-corrected chi connectivity index (χ4v) is 2.64. The van der Waals surface area contributed by atoms with E-state index in [1.54, 1.807) is 0 Å². The van der Waals surface area contributed by atoms with Crippen LogP contribution in [0.3, 0.4) is 0 Å². The molecule has 1 atom stereocenters. The Morgan fingerprint density at radius 1 is 1.54 bits per heavy atom. The van der Waals surface area contributed by atoms with Crippen molar-refractivity contribution in [2.45, 2.75) is 32.2 Å². The van der Waals surface area contributed by atoms with Crippen molar-refractivity contribution < 1.29 is 8.42 Å². The maximum absolute atomic E-state index is 11.2. The van der Waals surface area contributed by atoms with Crippen LogP contribution >= 0.6 is 0 Å². The molecule has 2 N–H and O–H groups in total. The molecule has 0 amide bonds. The first-order valence-electron chi connectivity index (χ1n) is 4.85. The van der Waals surface area contributed by atoms with E-state index in [2.05, 4.69) is 10.0 Å². The predicted octanol–water partition coefficient (Wildman–Crippen LogP) is 0.0678. The lowest BCUT2D eigenvalue weighted by Gasteiger charge is -2.11. The molecule has 1 fully saturated rings. The molecular weight excluding hydrogens is 188 g/mol. The van der Waals surface area contributed by atoms with Crippen LogP contribution in [0.5, 0.6) is 0 Å². The Balaban J connectivity index is 2.24. The molecule has 0 aromatic carbocycles. The molecule has 1 aliphatic rings. The molecule has 1 unspecified atom stereocenters. The van der Waals surface area contributed by atoms with E-state index in [1.807, 2.05) is 6.92 Å². The van der Waals surface area contributed by atoms with E-state index in [4.69, 9.17) is 0 Å². The summed E-state index contributed by atoms with van der Waals surface area (Å²) in [6, 6.07) is 0.339. The predicted molar refractivity (Wildman–Crippen MR) is 53.1 cm³/mol. The minimum atomic E-state index is -3.01. The van der Waals surface area contributed by atoms with Gasteiger partial charge in [0, 0.05) is 12.6 Å². The van der Waals surface area contributed by atoms with Crippen LogP contribution in [0.4, 0.5) is 0 Å². The quantitative estimate of drug-likeness (QED) is 0.669. The van der Waals surface area contributed by atoms with Crippen LogP contribution < -0.4 is 10.0 Å². The fourth-order valence-electron chi connectivity index (χ4n) is 1.50. The molecule has 13 heavy (non-hydrogen) atoms. The molecule has 0 aliphatic carbocycles. The first-order valence-corrected chi connectivity index (χ1v) is 6.50. The van der Waals surface area contributed by atoms with Crippen molar-refractivity contribution in [3.8, 4) is 0 Å². The van der Waals surface area contributed by atoms with Crippen LogP contribution in [-0.2, 0) is 10.0 Å². The molecule has 0 spiro atoms. The Bertz CT molecular complexity index is 233. The second kappa shape index (κ2) is 4.93. The highest BCUT2D eigenvalue weighted by Gasteiger charge is 2.16. The van der Waals surface area contributed by atoms with Crippen molar-refractivity contribution in [1.29, 1.82) is 0 Å². The molecule has 1 rings (SSSR count). The van der Waals surface area contributed by atoms with Gasteiger partial charge < -0.3 is 5.32 Å². The smallest absolute Gasteiger partial charge is 0.211 e. The molecule has 0 saturated carbocycles. The van der Waals surface area contributed by atoms with Gasteiger partial charge in [-0.2, -0.15) is 0 Å². The zero-order valence-corrected chi connectivity index (χ0v) is 8.86. The summed E-state index contributed by atoms with van der Waals surface area (Å²) >= 11 is 0. The van der Waals surface area contributed by atoms with Crippen LogP contribution in [0.25, 0.3) is 0 Å². The zero-order valence-electron chi connectivity index (χ0n) is 8.04. The van der Waals surface area contributed by atoms with Crippen molar-refractivity contribution in [3.05, 3.63) is 0 Å². The van der Waals surface area contributed by atoms with Gasteiger partial charge in [0.2, 0.25) is 10.0 Å². The molecule has 0 aromatic rings.